The van der Waals surface area contributed by atoms with Gasteiger partial charge in [-0.05, 0) is 24.1 Å². The van der Waals surface area contributed by atoms with E-state index in [4.69, 9.17) is 5.11 Å². The number of carboxylic acids is 1. The smallest absolute Gasteiger partial charge is 0.307 e. The molecule has 0 fully saturated rings. The van der Waals surface area contributed by atoms with Crippen LogP contribution < -0.4 is 10.6 Å². The Balaban J connectivity index is 3.22. The lowest BCUT2D eigenvalue weighted by Gasteiger charge is -1.89. The number of hydrogen-bond acceptors (Lipinski definition) is 1. The van der Waals surface area contributed by atoms with E-state index in [9.17, 15) is 4.79 Å². The van der Waals surface area contributed by atoms with E-state index in [1.807, 2.05) is 13.0 Å². The van der Waals surface area contributed by atoms with Crippen LogP contribution in [-0.2, 0) is 11.2 Å². The molecule has 0 aliphatic rings. The fraction of sp³-hybridized carbons (Fsp3) is 0.364. The first kappa shape index (κ1) is 10.6. The largest absolute Gasteiger partial charge is 0.481 e. The van der Waals surface area contributed by atoms with E-state index in [1.54, 1.807) is 6.20 Å². The van der Waals surface area contributed by atoms with E-state index < -0.39 is 5.97 Å². The third-order valence-electron chi connectivity index (χ3n) is 2.08. The molecule has 0 atom stereocenters. The number of H-pyrrole nitrogens is 1. The van der Waals surface area contributed by atoms with Crippen LogP contribution in [0, 0.1) is 0 Å². The summed E-state index contributed by atoms with van der Waals surface area (Å²) in [4.78, 5) is 13.6. The van der Waals surface area contributed by atoms with E-state index in [0.717, 1.165) is 22.6 Å². The van der Waals surface area contributed by atoms with Crippen LogP contribution in [0.3, 0.4) is 0 Å². The van der Waals surface area contributed by atoms with E-state index in [1.165, 1.54) is 0 Å². The molecule has 0 bridgehead atoms. The summed E-state index contributed by atoms with van der Waals surface area (Å²) in [6.07, 6.45) is 6.78. The monoisotopic (exact) mass is 193 g/mol. The van der Waals surface area contributed by atoms with Crippen LogP contribution in [0.15, 0.2) is 6.20 Å². The van der Waals surface area contributed by atoms with Crippen molar-refractivity contribution in [3.63, 3.8) is 0 Å². The average molecular weight is 193 g/mol. The van der Waals surface area contributed by atoms with Crippen molar-refractivity contribution in [1.29, 1.82) is 0 Å². The molecule has 0 amide bonds. The summed E-state index contributed by atoms with van der Waals surface area (Å²) < 4.78 is 0. The summed E-state index contributed by atoms with van der Waals surface area (Å²) in [6, 6.07) is 0. The van der Waals surface area contributed by atoms with Crippen LogP contribution in [-0.4, -0.2) is 16.1 Å². The molecule has 0 aliphatic heterocycles. The first-order valence-electron chi connectivity index (χ1n) is 4.73. The summed E-state index contributed by atoms with van der Waals surface area (Å²) in [5.74, 6) is -0.796. The summed E-state index contributed by atoms with van der Waals surface area (Å²) in [5.41, 5.74) is 0.847. The Morgan fingerprint density at radius 3 is 2.86 bits per heavy atom. The van der Waals surface area contributed by atoms with Crippen LogP contribution in [0.2, 0.25) is 0 Å². The van der Waals surface area contributed by atoms with Crippen LogP contribution in [0.4, 0.5) is 0 Å². The van der Waals surface area contributed by atoms with Crippen LogP contribution >= 0.6 is 0 Å². The zero-order valence-corrected chi connectivity index (χ0v) is 8.50. The Labute approximate surface area is 82.8 Å². The third-order valence-corrected chi connectivity index (χ3v) is 2.08. The van der Waals surface area contributed by atoms with Gasteiger partial charge in [0.1, 0.15) is 0 Å². The highest BCUT2D eigenvalue weighted by molar-refractivity contribution is 5.70. The minimum atomic E-state index is -0.796. The predicted molar refractivity (Wildman–Crippen MR) is 56.3 cm³/mol. The highest BCUT2D eigenvalue weighted by Crippen LogP contribution is 1.89. The van der Waals surface area contributed by atoms with Gasteiger partial charge in [-0.1, -0.05) is 19.1 Å². The van der Waals surface area contributed by atoms with Crippen molar-refractivity contribution in [3.8, 4) is 0 Å². The molecule has 0 saturated heterocycles. The van der Waals surface area contributed by atoms with Gasteiger partial charge in [0, 0.05) is 11.5 Å². The van der Waals surface area contributed by atoms with Crippen molar-refractivity contribution in [2.75, 3.05) is 0 Å². The molecule has 3 nitrogen and oxygen atoms in total. The molecule has 76 valence electrons. The van der Waals surface area contributed by atoms with Crippen molar-refractivity contribution in [2.24, 2.45) is 0 Å². The lowest BCUT2D eigenvalue weighted by Crippen LogP contribution is -2.25. The standard InChI is InChI=1S/C11H15NO2/c1-3-5-10-9(4-2)8(7-12-10)6-11(13)14/h4-5,7,12H,3,6H2,1-2H3,(H,13,14)/b9-4-,10-5+. The number of rotatable bonds is 3. The van der Waals surface area contributed by atoms with E-state index >= 15 is 0 Å². The van der Waals surface area contributed by atoms with Crippen molar-refractivity contribution in [1.82, 2.24) is 4.98 Å². The first-order valence-corrected chi connectivity index (χ1v) is 4.73. The zero-order valence-electron chi connectivity index (χ0n) is 8.50. The Morgan fingerprint density at radius 1 is 1.64 bits per heavy atom. The molecule has 3 heteroatoms. The number of nitrogens with one attached hydrogen (secondary N) is 1. The first-order chi connectivity index (χ1) is 6.69. The van der Waals surface area contributed by atoms with Crippen LogP contribution in [0.1, 0.15) is 25.8 Å². The number of aromatic nitrogens is 1. The topological polar surface area (TPSA) is 53.1 Å². The van der Waals surface area contributed by atoms with E-state index in [0.29, 0.717) is 0 Å². The maximum absolute atomic E-state index is 10.6. The van der Waals surface area contributed by atoms with Crippen molar-refractivity contribution < 1.29 is 9.90 Å². The average Bonchev–Trinajstić information content (AvgIpc) is 2.47. The van der Waals surface area contributed by atoms with E-state index in [2.05, 4.69) is 18.0 Å². The Kier molecular flexibility index (Phi) is 3.51. The van der Waals surface area contributed by atoms with E-state index in [-0.39, 0.29) is 6.42 Å². The number of aliphatic carboxylic acids is 1. The Morgan fingerprint density at radius 2 is 2.36 bits per heavy atom. The second-order valence-corrected chi connectivity index (χ2v) is 3.11. The molecule has 0 radical (unpaired) electrons. The molecule has 1 rings (SSSR count). The minimum absolute atomic E-state index is 0.0771. The highest BCUT2D eigenvalue weighted by Gasteiger charge is 2.03. The molecule has 14 heavy (non-hydrogen) atoms. The number of hydrogen-bond donors (Lipinski definition) is 2. The molecule has 1 heterocycles. The quantitative estimate of drug-likeness (QED) is 0.740. The van der Waals surface area contributed by atoms with Gasteiger partial charge in [0.2, 0.25) is 0 Å². The molecule has 2 N–H and O–H groups in total. The van der Waals surface area contributed by atoms with Gasteiger partial charge in [-0.2, -0.15) is 0 Å². The molecule has 1 aromatic rings. The molecule has 0 aromatic carbocycles. The van der Waals surface area contributed by atoms with Gasteiger partial charge in [0.05, 0.1) is 6.42 Å². The fourth-order valence-electron chi connectivity index (χ4n) is 1.52. The van der Waals surface area contributed by atoms with Gasteiger partial charge in [0.25, 0.3) is 0 Å². The lowest BCUT2D eigenvalue weighted by atomic mass is 10.2. The fourth-order valence-corrected chi connectivity index (χ4v) is 1.52. The minimum Gasteiger partial charge on any atom is -0.481 e. The number of carboxylic acid groups (broad SMARTS) is 1. The molecule has 0 spiro atoms. The van der Waals surface area contributed by atoms with Gasteiger partial charge in [-0.15, -0.1) is 0 Å². The van der Waals surface area contributed by atoms with Gasteiger partial charge < -0.3 is 10.1 Å². The molecule has 0 saturated carbocycles. The molecular formula is C11H15NO2. The highest BCUT2D eigenvalue weighted by atomic mass is 16.4. The maximum atomic E-state index is 10.6. The third kappa shape index (κ3) is 2.25. The Bertz CT molecular complexity index is 429. The normalized spacial score (nSPS) is 13.6. The molecule has 0 unspecified atom stereocenters. The van der Waals surface area contributed by atoms with Gasteiger partial charge >= 0.3 is 5.97 Å². The number of carbonyl (C=O) groups is 1. The van der Waals surface area contributed by atoms with Gasteiger partial charge in [0.15, 0.2) is 0 Å². The zero-order chi connectivity index (χ0) is 10.6. The molecule has 0 aliphatic carbocycles. The summed E-state index contributed by atoms with van der Waals surface area (Å²) >= 11 is 0. The van der Waals surface area contributed by atoms with Gasteiger partial charge in [-0.25, -0.2) is 0 Å². The van der Waals surface area contributed by atoms with Crippen molar-refractivity contribution >= 4 is 18.1 Å². The second-order valence-electron chi connectivity index (χ2n) is 3.11. The molecule has 1 aromatic heterocycles. The van der Waals surface area contributed by atoms with Crippen LogP contribution in [0.5, 0.6) is 0 Å². The summed E-state index contributed by atoms with van der Waals surface area (Å²) in [5, 5.41) is 10.7. The van der Waals surface area contributed by atoms with Crippen molar-refractivity contribution in [2.45, 2.75) is 26.7 Å². The van der Waals surface area contributed by atoms with Crippen LogP contribution in [0.25, 0.3) is 12.2 Å². The predicted octanol–water partition coefficient (Wildman–Crippen LogP) is 0.633. The number of aromatic amines is 1. The SMILES string of the molecule is C/C=c1/c(CC(=O)O)c[nH]/c1=C/CC. The summed E-state index contributed by atoms with van der Waals surface area (Å²) in [7, 11) is 0. The Hall–Kier alpha value is -1.51. The summed E-state index contributed by atoms with van der Waals surface area (Å²) in [6.45, 7) is 3.97. The lowest BCUT2D eigenvalue weighted by molar-refractivity contribution is -0.136. The van der Waals surface area contributed by atoms with Crippen molar-refractivity contribution in [3.05, 3.63) is 22.3 Å². The van der Waals surface area contributed by atoms with Gasteiger partial charge in [-0.3, -0.25) is 4.79 Å². The second kappa shape index (κ2) is 4.65. The maximum Gasteiger partial charge on any atom is 0.307 e. The molecular weight excluding hydrogens is 178 g/mol.